The van der Waals surface area contributed by atoms with Gasteiger partial charge in [-0.1, -0.05) is 53.5 Å². The molecule has 0 saturated heterocycles. The van der Waals surface area contributed by atoms with Gasteiger partial charge in [-0.3, -0.25) is 0 Å². The van der Waals surface area contributed by atoms with E-state index in [9.17, 15) is 5.26 Å². The van der Waals surface area contributed by atoms with Gasteiger partial charge in [-0.15, -0.1) is 0 Å². The minimum atomic E-state index is -0.516. The first-order chi connectivity index (χ1) is 10.2. The van der Waals surface area contributed by atoms with Crippen LogP contribution >= 0.6 is 23.2 Å². The lowest BCUT2D eigenvalue weighted by atomic mass is 9.80. The number of nitrogens with zero attached hydrogens (tertiary/aromatic N) is 2. The van der Waals surface area contributed by atoms with Crippen LogP contribution in [-0.4, -0.2) is 0 Å². The van der Waals surface area contributed by atoms with Crippen LogP contribution in [0.5, 0.6) is 0 Å². The molecule has 2 nitrogen and oxygen atoms in total. The lowest BCUT2D eigenvalue weighted by Gasteiger charge is -2.21. The van der Waals surface area contributed by atoms with Crippen LogP contribution in [0, 0.1) is 22.7 Å². The molecule has 0 aliphatic rings. The van der Waals surface area contributed by atoms with Crippen molar-refractivity contribution in [3.05, 3.63) is 69.7 Å². The zero-order chi connectivity index (χ0) is 15.2. The standard InChI is InChI=1S/C17H12Cl2N2/c18-13-6-7-17(19)15(10-13)16(11-21)14(8-9-20)12-4-2-1-3-5-12/h1-7,10,14,16H,8H2/t14-,16+/m0/s1. The van der Waals surface area contributed by atoms with Crippen molar-refractivity contribution in [3.63, 3.8) is 0 Å². The lowest BCUT2D eigenvalue weighted by molar-refractivity contribution is 0.641. The molecule has 0 heterocycles. The van der Waals surface area contributed by atoms with E-state index in [1.54, 1.807) is 18.2 Å². The summed E-state index contributed by atoms with van der Waals surface area (Å²) in [5.74, 6) is -0.754. The zero-order valence-electron chi connectivity index (χ0n) is 11.1. The Morgan fingerprint density at radius 2 is 1.71 bits per heavy atom. The molecular weight excluding hydrogens is 303 g/mol. The number of benzene rings is 2. The Morgan fingerprint density at radius 3 is 2.33 bits per heavy atom. The van der Waals surface area contributed by atoms with Gasteiger partial charge in [0.15, 0.2) is 0 Å². The van der Waals surface area contributed by atoms with Crippen molar-refractivity contribution in [3.8, 4) is 12.1 Å². The van der Waals surface area contributed by atoms with Crippen LogP contribution in [0.3, 0.4) is 0 Å². The van der Waals surface area contributed by atoms with E-state index in [0.29, 0.717) is 15.6 Å². The van der Waals surface area contributed by atoms with Crippen molar-refractivity contribution in [1.29, 1.82) is 10.5 Å². The fourth-order valence-corrected chi connectivity index (χ4v) is 2.77. The number of hydrogen-bond donors (Lipinski definition) is 0. The summed E-state index contributed by atoms with van der Waals surface area (Å²) in [5, 5.41) is 19.7. The van der Waals surface area contributed by atoms with Crippen LogP contribution in [0.4, 0.5) is 0 Å². The minimum absolute atomic E-state index is 0.239. The molecule has 0 amide bonds. The topological polar surface area (TPSA) is 47.6 Å². The van der Waals surface area contributed by atoms with E-state index >= 15 is 0 Å². The average molecular weight is 315 g/mol. The summed E-state index contributed by atoms with van der Waals surface area (Å²) in [6, 6.07) is 19.0. The Bertz CT molecular complexity index is 699. The van der Waals surface area contributed by atoms with E-state index in [4.69, 9.17) is 28.5 Å². The maximum atomic E-state index is 9.59. The molecule has 2 aromatic rings. The van der Waals surface area contributed by atoms with E-state index in [0.717, 1.165) is 5.56 Å². The van der Waals surface area contributed by atoms with Gasteiger partial charge in [0, 0.05) is 22.4 Å². The maximum Gasteiger partial charge on any atom is 0.0805 e. The molecule has 0 saturated carbocycles. The number of rotatable bonds is 4. The van der Waals surface area contributed by atoms with E-state index in [1.807, 2.05) is 30.3 Å². The molecule has 0 bridgehead atoms. The Hall–Kier alpha value is -2.00. The quantitative estimate of drug-likeness (QED) is 0.769. The maximum absolute atomic E-state index is 9.59. The first kappa shape index (κ1) is 15.4. The molecule has 0 spiro atoms. The molecule has 104 valence electrons. The second-order valence-corrected chi connectivity index (χ2v) is 5.50. The van der Waals surface area contributed by atoms with Crippen molar-refractivity contribution < 1.29 is 0 Å². The van der Waals surface area contributed by atoms with Gasteiger partial charge in [0.25, 0.3) is 0 Å². The Balaban J connectivity index is 2.49. The third-order valence-electron chi connectivity index (χ3n) is 3.37. The first-order valence-corrected chi connectivity index (χ1v) is 7.19. The monoisotopic (exact) mass is 314 g/mol. The second-order valence-electron chi connectivity index (χ2n) is 4.65. The van der Waals surface area contributed by atoms with E-state index in [1.165, 1.54) is 0 Å². The molecule has 0 fully saturated rings. The third-order valence-corrected chi connectivity index (χ3v) is 3.95. The SMILES string of the molecule is N#CC[C@@H](c1ccccc1)[C@@H](C#N)c1cc(Cl)ccc1Cl. The van der Waals surface area contributed by atoms with E-state index in [-0.39, 0.29) is 12.3 Å². The molecule has 0 unspecified atom stereocenters. The van der Waals surface area contributed by atoms with Crippen molar-refractivity contribution in [2.24, 2.45) is 0 Å². The Labute approximate surface area is 134 Å². The molecule has 0 aromatic heterocycles. The molecule has 0 N–H and O–H groups in total. The van der Waals surface area contributed by atoms with Gasteiger partial charge in [0.05, 0.1) is 18.1 Å². The second kappa shape index (κ2) is 7.14. The summed E-state index contributed by atoms with van der Waals surface area (Å²) < 4.78 is 0. The van der Waals surface area contributed by atoms with Crippen LogP contribution in [-0.2, 0) is 0 Å². The predicted molar refractivity (Wildman–Crippen MR) is 84.2 cm³/mol. The molecule has 4 heteroatoms. The average Bonchev–Trinajstić information content (AvgIpc) is 2.51. The number of hydrogen-bond acceptors (Lipinski definition) is 2. The van der Waals surface area contributed by atoms with Crippen LogP contribution < -0.4 is 0 Å². The van der Waals surface area contributed by atoms with E-state index < -0.39 is 5.92 Å². The number of nitriles is 2. The van der Waals surface area contributed by atoms with Gasteiger partial charge in [-0.25, -0.2) is 0 Å². The summed E-state index contributed by atoms with van der Waals surface area (Å²) in [6.07, 6.45) is 0.241. The van der Waals surface area contributed by atoms with Crippen LogP contribution in [0.2, 0.25) is 10.0 Å². The highest BCUT2D eigenvalue weighted by Gasteiger charge is 2.26. The van der Waals surface area contributed by atoms with Crippen LogP contribution in [0.15, 0.2) is 48.5 Å². The lowest BCUT2D eigenvalue weighted by Crippen LogP contribution is -2.10. The largest absolute Gasteiger partial charge is 0.198 e. The summed E-state index contributed by atoms with van der Waals surface area (Å²) >= 11 is 12.2. The minimum Gasteiger partial charge on any atom is -0.198 e. The van der Waals surface area contributed by atoms with Crippen LogP contribution in [0.25, 0.3) is 0 Å². The molecule has 2 aromatic carbocycles. The van der Waals surface area contributed by atoms with Crippen LogP contribution in [0.1, 0.15) is 29.4 Å². The Morgan fingerprint density at radius 1 is 1.00 bits per heavy atom. The van der Waals surface area contributed by atoms with Gasteiger partial charge in [-0.2, -0.15) is 10.5 Å². The molecule has 0 radical (unpaired) electrons. The van der Waals surface area contributed by atoms with E-state index in [2.05, 4.69) is 12.1 Å². The van der Waals surface area contributed by atoms with Gasteiger partial charge >= 0.3 is 0 Å². The highest BCUT2D eigenvalue weighted by atomic mass is 35.5. The summed E-state index contributed by atoms with van der Waals surface area (Å²) in [5.41, 5.74) is 1.61. The van der Waals surface area contributed by atoms with Gasteiger partial charge in [0.1, 0.15) is 0 Å². The normalized spacial score (nSPS) is 13.0. The highest BCUT2D eigenvalue weighted by Crippen LogP contribution is 2.39. The zero-order valence-corrected chi connectivity index (χ0v) is 12.6. The van der Waals surface area contributed by atoms with Crippen molar-refractivity contribution in [2.45, 2.75) is 18.3 Å². The number of halogens is 2. The van der Waals surface area contributed by atoms with Gasteiger partial charge < -0.3 is 0 Å². The first-order valence-electron chi connectivity index (χ1n) is 6.44. The third kappa shape index (κ3) is 3.56. The molecule has 2 atom stereocenters. The smallest absolute Gasteiger partial charge is 0.0805 e. The van der Waals surface area contributed by atoms with Crippen molar-refractivity contribution in [2.75, 3.05) is 0 Å². The molecular formula is C17H12Cl2N2. The summed E-state index contributed by atoms with van der Waals surface area (Å²) in [4.78, 5) is 0. The summed E-state index contributed by atoms with van der Waals surface area (Å²) in [7, 11) is 0. The molecule has 0 aliphatic carbocycles. The predicted octanol–water partition coefficient (Wildman–Crippen LogP) is 5.30. The fourth-order valence-electron chi connectivity index (χ4n) is 2.36. The molecule has 2 rings (SSSR count). The summed E-state index contributed by atoms with van der Waals surface area (Å²) in [6.45, 7) is 0. The molecule has 0 aliphatic heterocycles. The molecule has 21 heavy (non-hydrogen) atoms. The fraction of sp³-hybridized carbons (Fsp3) is 0.176. The Kier molecular flexibility index (Phi) is 5.23. The van der Waals surface area contributed by atoms with Gasteiger partial charge in [-0.05, 0) is 29.3 Å². The highest BCUT2D eigenvalue weighted by molar-refractivity contribution is 6.33. The van der Waals surface area contributed by atoms with Gasteiger partial charge in [0.2, 0.25) is 0 Å². The van der Waals surface area contributed by atoms with Crippen molar-refractivity contribution >= 4 is 23.2 Å². The van der Waals surface area contributed by atoms with Crippen molar-refractivity contribution in [1.82, 2.24) is 0 Å².